The summed E-state index contributed by atoms with van der Waals surface area (Å²) >= 11 is 1.52. The molecule has 3 N–H and O–H groups in total. The van der Waals surface area contributed by atoms with Crippen LogP contribution in [0.3, 0.4) is 0 Å². The summed E-state index contributed by atoms with van der Waals surface area (Å²) in [5.74, 6) is 0.153. The number of carbonyl (C=O) groups excluding carboxylic acids is 1. The molecule has 156 valence electrons. The molecule has 0 aliphatic rings. The molecule has 1 aromatic rings. The quantitative estimate of drug-likeness (QED) is 0.521. The maximum Gasteiger partial charge on any atom is 0.209 e. The first-order valence-corrected chi connectivity index (χ1v) is 11.9. The average Bonchev–Trinajstić information content (AvgIpc) is 2.62. The van der Waals surface area contributed by atoms with Crippen LogP contribution in [0.4, 0.5) is 5.69 Å². The summed E-state index contributed by atoms with van der Waals surface area (Å²) in [7, 11) is -1.12. The van der Waals surface area contributed by atoms with Gasteiger partial charge in [-0.3, -0.25) is 4.79 Å². The van der Waals surface area contributed by atoms with Crippen molar-refractivity contribution in [3.05, 3.63) is 40.4 Å². The minimum Gasteiger partial charge on any atom is -0.399 e. The second kappa shape index (κ2) is 14.5. The topological polar surface area (TPSA) is 92.5 Å². The van der Waals surface area contributed by atoms with E-state index in [4.69, 9.17) is 5.73 Å². The van der Waals surface area contributed by atoms with Crippen LogP contribution in [0.15, 0.2) is 34.9 Å². The Labute approximate surface area is 169 Å². The number of nitrogens with one attached hydrogen (secondary N) is 1. The van der Waals surface area contributed by atoms with Gasteiger partial charge in [0.2, 0.25) is 10.0 Å². The molecule has 0 saturated heterocycles. The summed E-state index contributed by atoms with van der Waals surface area (Å²) in [4.78, 5) is 14.1. The number of hydrogen-bond acceptors (Lipinski definition) is 6. The number of nitrogens with zero attached hydrogens (tertiary/aromatic N) is 1. The highest BCUT2D eigenvalue weighted by molar-refractivity contribution is 8.03. The zero-order valence-electron chi connectivity index (χ0n) is 17.8. The number of nitrogen functional groups attached to an aromatic ring is 1. The van der Waals surface area contributed by atoms with Gasteiger partial charge in [0.15, 0.2) is 5.78 Å². The van der Waals surface area contributed by atoms with E-state index in [1.165, 1.54) is 11.8 Å². The molecule has 0 heterocycles. The Hall–Kier alpha value is -1.51. The van der Waals surface area contributed by atoms with Crippen LogP contribution in [0.5, 0.6) is 0 Å². The summed E-state index contributed by atoms with van der Waals surface area (Å²) in [6.07, 6.45) is 3.06. The van der Waals surface area contributed by atoms with Gasteiger partial charge in [0, 0.05) is 31.5 Å². The number of hydrogen-bond donors (Lipinski definition) is 2. The molecule has 0 aliphatic heterocycles. The van der Waals surface area contributed by atoms with Gasteiger partial charge in [-0.05, 0) is 44.7 Å². The van der Waals surface area contributed by atoms with Crippen molar-refractivity contribution in [2.24, 2.45) is 0 Å². The van der Waals surface area contributed by atoms with E-state index >= 15 is 0 Å². The van der Waals surface area contributed by atoms with Gasteiger partial charge in [-0.2, -0.15) is 0 Å². The Kier molecular flexibility index (Phi) is 14.9. The number of benzene rings is 1. The van der Waals surface area contributed by atoms with Gasteiger partial charge in [0.05, 0.1) is 11.2 Å². The van der Waals surface area contributed by atoms with E-state index in [0.29, 0.717) is 12.2 Å². The van der Waals surface area contributed by atoms with Crippen molar-refractivity contribution in [3.8, 4) is 0 Å². The van der Waals surface area contributed by atoms with Gasteiger partial charge >= 0.3 is 0 Å². The van der Waals surface area contributed by atoms with Crippen molar-refractivity contribution in [1.29, 1.82) is 0 Å². The van der Waals surface area contributed by atoms with Crippen LogP contribution in [-0.4, -0.2) is 45.2 Å². The Balaban J connectivity index is 0. The van der Waals surface area contributed by atoms with Crippen LogP contribution in [0.2, 0.25) is 0 Å². The second-order valence-electron chi connectivity index (χ2n) is 5.52. The number of allylic oxidation sites excluding steroid dienone is 2. The van der Waals surface area contributed by atoms with Gasteiger partial charge in [-0.1, -0.05) is 26.0 Å². The van der Waals surface area contributed by atoms with Crippen molar-refractivity contribution in [1.82, 2.24) is 9.62 Å². The minimum absolute atomic E-state index is 0.153. The van der Waals surface area contributed by atoms with E-state index < -0.39 is 10.0 Å². The van der Waals surface area contributed by atoms with Gasteiger partial charge in [-0.15, -0.1) is 11.8 Å². The molecule has 0 aromatic heterocycles. The lowest BCUT2D eigenvalue weighted by Crippen LogP contribution is -2.21. The molecule has 0 amide bonds. The van der Waals surface area contributed by atoms with Crippen molar-refractivity contribution in [2.75, 3.05) is 31.8 Å². The number of nitrogens with two attached hydrogens (primary N) is 1. The predicted molar refractivity (Wildman–Crippen MR) is 119 cm³/mol. The van der Waals surface area contributed by atoms with Crippen LogP contribution >= 0.6 is 11.8 Å². The Morgan fingerprint density at radius 1 is 1.19 bits per heavy atom. The predicted octanol–water partition coefficient (Wildman–Crippen LogP) is 3.47. The van der Waals surface area contributed by atoms with Crippen molar-refractivity contribution >= 4 is 33.3 Å². The van der Waals surface area contributed by atoms with Crippen molar-refractivity contribution < 1.29 is 13.2 Å². The smallest absolute Gasteiger partial charge is 0.209 e. The lowest BCUT2D eigenvalue weighted by Gasteiger charge is -2.19. The normalized spacial score (nSPS) is 11.3. The first-order valence-electron chi connectivity index (χ1n) is 8.77. The number of thioether (sulfide) groups is 1. The molecule has 6 nitrogen and oxygen atoms in total. The van der Waals surface area contributed by atoms with E-state index in [2.05, 4.69) is 16.5 Å². The Morgan fingerprint density at radius 2 is 1.67 bits per heavy atom. The highest BCUT2D eigenvalue weighted by atomic mass is 32.2. The zero-order chi connectivity index (χ0) is 21.6. The fourth-order valence-corrected chi connectivity index (χ4v) is 2.97. The number of Topliss-reactive ketones (excluding diaryl/α,β-unsaturated/α-hetero) is 1. The third-order valence-corrected chi connectivity index (χ3v) is 5.08. The minimum atomic E-state index is -3.11. The maximum absolute atomic E-state index is 11.1. The standard InChI is InChI=1S/C9H17NOS.C8H12N2O2S.C2H6/c1-6-10(4)7(2)9(12-5)8(3)11;1-13(11,12)10-6-7-2-4-8(9)5-3-7;1-2/h6H2,1-5H3;2-5,10H,6,9H2,1H3;1-2H3/b9-7-;;. The second-order valence-corrected chi connectivity index (χ2v) is 8.17. The van der Waals surface area contributed by atoms with Gasteiger partial charge in [-0.25, -0.2) is 13.1 Å². The molecular formula is C19H35N3O3S2. The zero-order valence-corrected chi connectivity index (χ0v) is 19.4. The summed E-state index contributed by atoms with van der Waals surface area (Å²) < 4.78 is 23.9. The van der Waals surface area contributed by atoms with Crippen LogP contribution in [0.1, 0.15) is 40.2 Å². The maximum atomic E-state index is 11.1. The lowest BCUT2D eigenvalue weighted by molar-refractivity contribution is -0.113. The summed E-state index contributed by atoms with van der Waals surface area (Å²) in [6.45, 7) is 10.9. The highest BCUT2D eigenvalue weighted by Gasteiger charge is 2.08. The monoisotopic (exact) mass is 417 g/mol. The number of carbonyl (C=O) groups is 1. The highest BCUT2D eigenvalue weighted by Crippen LogP contribution is 2.19. The van der Waals surface area contributed by atoms with Crippen molar-refractivity contribution in [3.63, 3.8) is 0 Å². The first-order chi connectivity index (χ1) is 12.5. The van der Waals surface area contributed by atoms with Gasteiger partial charge in [0.25, 0.3) is 0 Å². The number of rotatable bonds is 7. The molecule has 1 rings (SSSR count). The molecule has 0 unspecified atom stereocenters. The molecule has 0 fully saturated rings. The summed E-state index contributed by atoms with van der Waals surface area (Å²) in [5.41, 5.74) is 8.10. The Morgan fingerprint density at radius 3 is 2.00 bits per heavy atom. The summed E-state index contributed by atoms with van der Waals surface area (Å²) in [6, 6.07) is 7.04. The van der Waals surface area contributed by atoms with E-state index in [0.717, 1.165) is 29.0 Å². The number of ketones is 1. The molecule has 0 spiro atoms. The van der Waals surface area contributed by atoms with Crippen LogP contribution in [0, 0.1) is 0 Å². The third kappa shape index (κ3) is 13.3. The van der Waals surface area contributed by atoms with Crippen molar-refractivity contribution in [2.45, 2.75) is 41.2 Å². The molecular weight excluding hydrogens is 382 g/mol. The fourth-order valence-electron chi connectivity index (χ4n) is 1.81. The molecule has 0 saturated carbocycles. The van der Waals surface area contributed by atoms with E-state index in [-0.39, 0.29) is 5.78 Å². The van der Waals surface area contributed by atoms with Gasteiger partial charge < -0.3 is 10.6 Å². The van der Waals surface area contributed by atoms with Crippen LogP contribution in [-0.2, 0) is 21.4 Å². The summed E-state index contributed by atoms with van der Waals surface area (Å²) in [5, 5.41) is 0. The molecule has 0 aliphatic carbocycles. The number of sulfonamides is 1. The fraction of sp³-hybridized carbons (Fsp3) is 0.526. The van der Waals surface area contributed by atoms with Gasteiger partial charge in [0.1, 0.15) is 0 Å². The SMILES string of the molecule is CC.CCN(C)/C(C)=C(\SC)C(C)=O.CS(=O)(=O)NCc1ccc(N)cc1. The van der Waals surface area contributed by atoms with E-state index in [1.807, 2.05) is 34.1 Å². The molecule has 27 heavy (non-hydrogen) atoms. The Bertz CT molecular complexity index is 685. The molecule has 8 heteroatoms. The van der Waals surface area contributed by atoms with Crippen LogP contribution < -0.4 is 10.5 Å². The molecule has 0 atom stereocenters. The molecule has 0 radical (unpaired) electrons. The van der Waals surface area contributed by atoms with Crippen LogP contribution in [0.25, 0.3) is 0 Å². The van der Waals surface area contributed by atoms with E-state index in [9.17, 15) is 13.2 Å². The number of anilines is 1. The largest absolute Gasteiger partial charge is 0.399 e. The first kappa shape index (κ1) is 27.7. The molecule has 1 aromatic carbocycles. The molecule has 0 bridgehead atoms. The van der Waals surface area contributed by atoms with E-state index in [1.54, 1.807) is 31.2 Å². The third-order valence-electron chi connectivity index (χ3n) is 3.42. The average molecular weight is 418 g/mol. The lowest BCUT2D eigenvalue weighted by atomic mass is 10.2.